The second-order valence-corrected chi connectivity index (χ2v) is 6.36. The number of hydrogen-bond acceptors (Lipinski definition) is 3. The second kappa shape index (κ2) is 10.1. The number of carbonyl (C=O) groups excluding carboxylic acids is 2. The fourth-order valence-electron chi connectivity index (χ4n) is 3.38. The maximum atomic E-state index is 12.3. The van der Waals surface area contributed by atoms with Gasteiger partial charge in [0.15, 0.2) is 0 Å². The van der Waals surface area contributed by atoms with Gasteiger partial charge in [-0.15, -0.1) is 12.4 Å². The lowest BCUT2D eigenvalue weighted by Crippen LogP contribution is -2.50. The summed E-state index contributed by atoms with van der Waals surface area (Å²) in [7, 11) is 0. The highest BCUT2D eigenvalue weighted by atomic mass is 35.5. The Bertz CT molecular complexity index is 351. The van der Waals surface area contributed by atoms with Gasteiger partial charge >= 0.3 is 0 Å². The van der Waals surface area contributed by atoms with Crippen molar-refractivity contribution in [1.82, 2.24) is 9.80 Å². The third-order valence-electron chi connectivity index (χ3n) is 4.77. The molecular weight excluding hydrogens is 302 g/mol. The molecule has 128 valence electrons. The third kappa shape index (κ3) is 5.76. The molecule has 0 spiro atoms. The molecule has 1 heterocycles. The van der Waals surface area contributed by atoms with E-state index in [9.17, 15) is 9.59 Å². The fraction of sp³-hybridized carbons (Fsp3) is 0.875. The van der Waals surface area contributed by atoms with E-state index < -0.39 is 0 Å². The van der Waals surface area contributed by atoms with E-state index >= 15 is 0 Å². The van der Waals surface area contributed by atoms with Gasteiger partial charge in [0.05, 0.1) is 0 Å². The van der Waals surface area contributed by atoms with Gasteiger partial charge in [-0.1, -0.05) is 19.3 Å². The minimum Gasteiger partial charge on any atom is -0.339 e. The van der Waals surface area contributed by atoms with Crippen molar-refractivity contribution in [3.8, 4) is 0 Å². The molecule has 0 aromatic rings. The highest BCUT2D eigenvalue weighted by molar-refractivity contribution is 5.85. The normalized spacial score (nSPS) is 19.7. The Kier molecular flexibility index (Phi) is 8.79. The average Bonchev–Trinajstić information content (AvgIpc) is 2.53. The predicted molar refractivity (Wildman–Crippen MR) is 89.9 cm³/mol. The molecule has 0 atom stereocenters. The monoisotopic (exact) mass is 331 g/mol. The Morgan fingerprint density at radius 3 is 2.00 bits per heavy atom. The van der Waals surface area contributed by atoms with Crippen LogP contribution in [0.5, 0.6) is 0 Å². The average molecular weight is 332 g/mol. The van der Waals surface area contributed by atoms with Crippen molar-refractivity contribution in [2.75, 3.05) is 32.7 Å². The molecular formula is C16H30ClN3O2. The summed E-state index contributed by atoms with van der Waals surface area (Å²) >= 11 is 0. The van der Waals surface area contributed by atoms with Crippen molar-refractivity contribution in [1.29, 1.82) is 0 Å². The van der Waals surface area contributed by atoms with Crippen LogP contribution in [0.2, 0.25) is 0 Å². The van der Waals surface area contributed by atoms with Crippen molar-refractivity contribution in [3.63, 3.8) is 0 Å². The van der Waals surface area contributed by atoms with Gasteiger partial charge in [0.1, 0.15) is 0 Å². The van der Waals surface area contributed by atoms with Gasteiger partial charge in [-0.05, 0) is 31.7 Å². The van der Waals surface area contributed by atoms with Gasteiger partial charge in [0.25, 0.3) is 0 Å². The summed E-state index contributed by atoms with van der Waals surface area (Å²) in [6.45, 7) is 3.31. The molecule has 1 saturated heterocycles. The number of amides is 2. The van der Waals surface area contributed by atoms with Crippen LogP contribution in [0.25, 0.3) is 0 Å². The molecule has 0 unspecified atom stereocenters. The van der Waals surface area contributed by atoms with E-state index in [-0.39, 0.29) is 24.2 Å². The Balaban J connectivity index is 0.00000242. The molecule has 0 bridgehead atoms. The largest absolute Gasteiger partial charge is 0.339 e. The molecule has 0 radical (unpaired) electrons. The van der Waals surface area contributed by atoms with Crippen LogP contribution in [0.3, 0.4) is 0 Å². The highest BCUT2D eigenvalue weighted by Crippen LogP contribution is 2.27. The SMILES string of the molecule is Cl.NCCCC(=O)N1CCN(C(=O)CC2CCCCC2)CC1. The fourth-order valence-corrected chi connectivity index (χ4v) is 3.38. The van der Waals surface area contributed by atoms with Crippen LogP contribution in [-0.4, -0.2) is 54.3 Å². The smallest absolute Gasteiger partial charge is 0.222 e. The zero-order valence-corrected chi connectivity index (χ0v) is 14.3. The maximum absolute atomic E-state index is 12.3. The topological polar surface area (TPSA) is 66.6 Å². The third-order valence-corrected chi connectivity index (χ3v) is 4.77. The van der Waals surface area contributed by atoms with E-state index in [4.69, 9.17) is 5.73 Å². The summed E-state index contributed by atoms with van der Waals surface area (Å²) in [5.74, 6) is 1.06. The highest BCUT2D eigenvalue weighted by Gasteiger charge is 2.25. The van der Waals surface area contributed by atoms with Crippen molar-refractivity contribution in [2.24, 2.45) is 11.7 Å². The van der Waals surface area contributed by atoms with Crippen molar-refractivity contribution in [3.05, 3.63) is 0 Å². The number of piperazine rings is 1. The van der Waals surface area contributed by atoms with E-state index in [2.05, 4.69) is 0 Å². The number of rotatable bonds is 5. The van der Waals surface area contributed by atoms with E-state index in [1.165, 1.54) is 32.1 Å². The minimum atomic E-state index is 0. The van der Waals surface area contributed by atoms with Crippen LogP contribution in [0, 0.1) is 5.92 Å². The molecule has 2 fully saturated rings. The maximum Gasteiger partial charge on any atom is 0.222 e. The first-order valence-corrected chi connectivity index (χ1v) is 8.46. The molecule has 2 N–H and O–H groups in total. The first-order valence-electron chi connectivity index (χ1n) is 8.46. The van der Waals surface area contributed by atoms with Gasteiger partial charge < -0.3 is 15.5 Å². The molecule has 22 heavy (non-hydrogen) atoms. The number of carbonyl (C=O) groups is 2. The molecule has 2 amide bonds. The van der Waals surface area contributed by atoms with Crippen molar-refractivity contribution >= 4 is 24.2 Å². The summed E-state index contributed by atoms with van der Waals surface area (Å²) < 4.78 is 0. The first kappa shape index (κ1) is 19.2. The van der Waals surface area contributed by atoms with Crippen molar-refractivity contribution in [2.45, 2.75) is 51.4 Å². The summed E-state index contributed by atoms with van der Waals surface area (Å²) in [6.07, 6.45) is 8.30. The van der Waals surface area contributed by atoms with Gasteiger partial charge in [-0.3, -0.25) is 9.59 Å². The van der Waals surface area contributed by atoms with Crippen LogP contribution in [-0.2, 0) is 9.59 Å². The summed E-state index contributed by atoms with van der Waals surface area (Å²) in [5.41, 5.74) is 5.43. The Morgan fingerprint density at radius 2 is 1.45 bits per heavy atom. The van der Waals surface area contributed by atoms with Crippen LogP contribution in [0.15, 0.2) is 0 Å². The second-order valence-electron chi connectivity index (χ2n) is 6.36. The molecule has 2 aliphatic rings. The lowest BCUT2D eigenvalue weighted by Gasteiger charge is -2.35. The Hall–Kier alpha value is -0.810. The lowest BCUT2D eigenvalue weighted by molar-refractivity contribution is -0.140. The number of hydrogen-bond donors (Lipinski definition) is 1. The van der Waals surface area contributed by atoms with E-state index in [1.54, 1.807) is 0 Å². The molecule has 0 aromatic carbocycles. The van der Waals surface area contributed by atoms with Gasteiger partial charge in [0, 0.05) is 39.0 Å². The molecule has 6 heteroatoms. The van der Waals surface area contributed by atoms with Crippen LogP contribution in [0.1, 0.15) is 51.4 Å². The van der Waals surface area contributed by atoms with Gasteiger partial charge in [0.2, 0.25) is 11.8 Å². The van der Waals surface area contributed by atoms with Crippen molar-refractivity contribution < 1.29 is 9.59 Å². The first-order chi connectivity index (χ1) is 10.2. The molecule has 2 rings (SSSR count). The zero-order valence-electron chi connectivity index (χ0n) is 13.5. The van der Waals surface area contributed by atoms with Crippen LogP contribution < -0.4 is 5.73 Å². The minimum absolute atomic E-state index is 0. The number of nitrogens with two attached hydrogens (primary N) is 1. The van der Waals surface area contributed by atoms with Gasteiger partial charge in [-0.2, -0.15) is 0 Å². The standard InChI is InChI=1S/C16H29N3O2.ClH/c17-8-4-7-15(20)18-9-11-19(12-10-18)16(21)13-14-5-2-1-3-6-14;/h14H,1-13,17H2;1H. The summed E-state index contributed by atoms with van der Waals surface area (Å²) in [4.78, 5) is 28.1. The van der Waals surface area contributed by atoms with E-state index in [0.29, 0.717) is 51.5 Å². The summed E-state index contributed by atoms with van der Waals surface area (Å²) in [5, 5.41) is 0. The molecule has 1 aliphatic carbocycles. The van der Waals surface area contributed by atoms with E-state index in [1.807, 2.05) is 9.80 Å². The molecule has 1 aliphatic heterocycles. The van der Waals surface area contributed by atoms with Crippen LogP contribution in [0.4, 0.5) is 0 Å². The molecule has 0 aromatic heterocycles. The summed E-state index contributed by atoms with van der Waals surface area (Å²) in [6, 6.07) is 0. The Morgan fingerprint density at radius 1 is 0.909 bits per heavy atom. The number of halogens is 1. The van der Waals surface area contributed by atoms with E-state index in [0.717, 1.165) is 6.42 Å². The Labute approximate surface area is 140 Å². The predicted octanol–water partition coefficient (Wildman–Crippen LogP) is 1.79. The molecule has 5 nitrogen and oxygen atoms in total. The lowest BCUT2D eigenvalue weighted by atomic mass is 9.86. The van der Waals surface area contributed by atoms with Gasteiger partial charge in [-0.25, -0.2) is 0 Å². The number of nitrogens with zero attached hydrogens (tertiary/aromatic N) is 2. The quantitative estimate of drug-likeness (QED) is 0.835. The zero-order chi connectivity index (χ0) is 15.1. The van der Waals surface area contributed by atoms with Crippen LogP contribution >= 0.6 is 12.4 Å². The molecule has 1 saturated carbocycles.